The van der Waals surface area contributed by atoms with Crippen molar-refractivity contribution in [1.29, 1.82) is 0 Å². The maximum absolute atomic E-state index is 12.7. The Bertz CT molecular complexity index is 965. The summed E-state index contributed by atoms with van der Waals surface area (Å²) < 4.78 is 3.58. The Morgan fingerprint density at radius 1 is 1.40 bits per heavy atom. The number of carboxylic acid groups (broad SMARTS) is 1. The number of pyridine rings is 1. The number of nitrogens with zero attached hydrogens (tertiary/aromatic N) is 4. The predicted octanol–water partition coefficient (Wildman–Crippen LogP) is 0.873. The fraction of sp³-hybridized carbons (Fsp3) is 0.500. The Morgan fingerprint density at radius 3 is 2.80 bits per heavy atom. The molecule has 0 aliphatic carbocycles. The smallest absolute Gasteiger partial charge is 0.329 e. The highest BCUT2D eigenvalue weighted by atomic mass is 16.4. The Balaban J connectivity index is 0.000000415. The summed E-state index contributed by atoms with van der Waals surface area (Å²) in [6.45, 7) is 5.12. The molecule has 4 heterocycles. The first-order valence-corrected chi connectivity index (χ1v) is 8.21. The van der Waals surface area contributed by atoms with Crippen molar-refractivity contribution in [2.24, 2.45) is 13.0 Å². The first-order valence-electron chi connectivity index (χ1n) is 8.21. The number of aliphatic carboxylic acids is 1. The van der Waals surface area contributed by atoms with Crippen molar-refractivity contribution in [2.75, 3.05) is 13.1 Å². The van der Waals surface area contributed by atoms with Gasteiger partial charge in [-0.2, -0.15) is 0 Å². The van der Waals surface area contributed by atoms with Crippen molar-refractivity contribution in [3.05, 3.63) is 23.0 Å². The minimum atomic E-state index is -0.833. The number of carbonyl (C=O) groups is 1. The fourth-order valence-corrected chi connectivity index (χ4v) is 3.35. The van der Waals surface area contributed by atoms with Gasteiger partial charge in [0.25, 0.3) is 5.97 Å². The van der Waals surface area contributed by atoms with Gasteiger partial charge in [-0.1, -0.05) is 6.92 Å². The lowest BCUT2D eigenvalue weighted by molar-refractivity contribution is -0.134. The normalized spacial score (nSPS) is 20.4. The van der Waals surface area contributed by atoms with E-state index in [1.165, 1.54) is 0 Å². The van der Waals surface area contributed by atoms with Crippen LogP contribution in [-0.2, 0) is 11.8 Å². The number of aromatic amines is 1. The van der Waals surface area contributed by atoms with E-state index in [2.05, 4.69) is 27.2 Å². The number of fused-ring (bicyclic) bond motifs is 3. The van der Waals surface area contributed by atoms with Gasteiger partial charge in [-0.25, -0.2) is 14.8 Å². The molecule has 9 nitrogen and oxygen atoms in total. The van der Waals surface area contributed by atoms with Gasteiger partial charge in [0.15, 0.2) is 5.65 Å². The molecule has 25 heavy (non-hydrogen) atoms. The van der Waals surface area contributed by atoms with Gasteiger partial charge in [0, 0.05) is 20.5 Å². The van der Waals surface area contributed by atoms with Crippen molar-refractivity contribution in [3.63, 3.8) is 0 Å². The summed E-state index contributed by atoms with van der Waals surface area (Å²) in [6, 6.07) is 0.156. The Hall–Kier alpha value is -2.68. The third-order valence-electron chi connectivity index (χ3n) is 4.62. The van der Waals surface area contributed by atoms with Crippen LogP contribution in [0.2, 0.25) is 0 Å². The molecule has 2 atom stereocenters. The Morgan fingerprint density at radius 2 is 2.12 bits per heavy atom. The summed E-state index contributed by atoms with van der Waals surface area (Å²) >= 11 is 0. The molecule has 3 aromatic rings. The molecule has 1 saturated heterocycles. The van der Waals surface area contributed by atoms with E-state index in [9.17, 15) is 4.79 Å². The van der Waals surface area contributed by atoms with Crippen LogP contribution in [0.1, 0.15) is 26.3 Å². The number of piperidine rings is 1. The zero-order valence-electron chi connectivity index (χ0n) is 14.5. The van der Waals surface area contributed by atoms with Crippen LogP contribution >= 0.6 is 0 Å². The molecule has 0 spiro atoms. The number of hydrogen-bond donors (Lipinski definition) is 3. The van der Waals surface area contributed by atoms with E-state index in [1.54, 1.807) is 24.1 Å². The summed E-state index contributed by atoms with van der Waals surface area (Å²) in [6.07, 6.45) is 4.43. The average Bonchev–Trinajstić information content (AvgIpc) is 3.12. The standard InChI is InChI=1S/C14H18N6O.C2H4O2/c1-8-3-4-15-5-9(8)20-12-10(19(2)14(20)21)6-16-13-11(12)17-7-18-13;1-2(3)4/h6-9,15H,3-5H2,1-2H3,(H,16,17,18);1H3,(H,3,4)/t8-,9+;/m1./s1. The van der Waals surface area contributed by atoms with Gasteiger partial charge in [0.2, 0.25) is 0 Å². The van der Waals surface area contributed by atoms with E-state index in [0.29, 0.717) is 11.6 Å². The van der Waals surface area contributed by atoms with E-state index >= 15 is 0 Å². The quantitative estimate of drug-likeness (QED) is 0.602. The second-order valence-electron chi connectivity index (χ2n) is 6.36. The molecule has 0 radical (unpaired) electrons. The van der Waals surface area contributed by atoms with Crippen molar-refractivity contribution in [2.45, 2.75) is 26.3 Å². The van der Waals surface area contributed by atoms with E-state index in [1.807, 2.05) is 4.57 Å². The molecule has 1 aliphatic heterocycles. The Kier molecular flexibility index (Phi) is 4.58. The topological polar surface area (TPSA) is 118 Å². The highest BCUT2D eigenvalue weighted by Crippen LogP contribution is 2.28. The van der Waals surface area contributed by atoms with E-state index in [0.717, 1.165) is 43.0 Å². The van der Waals surface area contributed by atoms with Crippen molar-refractivity contribution in [1.82, 2.24) is 29.4 Å². The first-order chi connectivity index (χ1) is 11.9. The lowest BCUT2D eigenvalue weighted by Crippen LogP contribution is -2.41. The zero-order chi connectivity index (χ0) is 18.1. The monoisotopic (exact) mass is 346 g/mol. The average molecular weight is 346 g/mol. The number of aryl methyl sites for hydroxylation is 1. The fourth-order valence-electron chi connectivity index (χ4n) is 3.35. The molecule has 3 N–H and O–H groups in total. The molecule has 3 aromatic heterocycles. The van der Waals surface area contributed by atoms with Crippen LogP contribution in [0.5, 0.6) is 0 Å². The molecule has 1 aliphatic rings. The number of hydrogen-bond acceptors (Lipinski definition) is 5. The van der Waals surface area contributed by atoms with Gasteiger partial charge in [-0.15, -0.1) is 0 Å². The number of rotatable bonds is 1. The third kappa shape index (κ3) is 3.02. The predicted molar refractivity (Wildman–Crippen MR) is 93.6 cm³/mol. The zero-order valence-corrected chi connectivity index (χ0v) is 14.5. The molecule has 1 fully saturated rings. The lowest BCUT2D eigenvalue weighted by Gasteiger charge is -2.30. The number of H-pyrrole nitrogens is 1. The van der Waals surface area contributed by atoms with Gasteiger partial charge in [-0.3, -0.25) is 13.9 Å². The van der Waals surface area contributed by atoms with Crippen LogP contribution in [-0.4, -0.2) is 48.3 Å². The molecule has 4 rings (SSSR count). The highest BCUT2D eigenvalue weighted by molar-refractivity contribution is 5.98. The number of imidazole rings is 2. The van der Waals surface area contributed by atoms with Crippen LogP contribution in [0, 0.1) is 5.92 Å². The number of aromatic nitrogens is 5. The van der Waals surface area contributed by atoms with E-state index < -0.39 is 5.97 Å². The number of nitrogens with one attached hydrogen (secondary N) is 2. The Labute approximate surface area is 143 Å². The van der Waals surface area contributed by atoms with Gasteiger partial charge < -0.3 is 15.4 Å². The second-order valence-corrected chi connectivity index (χ2v) is 6.36. The number of carboxylic acids is 1. The summed E-state index contributed by atoms with van der Waals surface area (Å²) in [7, 11) is 1.80. The molecule has 0 bridgehead atoms. The molecule has 0 unspecified atom stereocenters. The summed E-state index contributed by atoms with van der Waals surface area (Å²) in [5.41, 5.74) is 3.25. The largest absolute Gasteiger partial charge is 0.481 e. The van der Waals surface area contributed by atoms with Gasteiger partial charge >= 0.3 is 5.69 Å². The molecular weight excluding hydrogens is 324 g/mol. The third-order valence-corrected chi connectivity index (χ3v) is 4.62. The van der Waals surface area contributed by atoms with Crippen LogP contribution in [0.3, 0.4) is 0 Å². The van der Waals surface area contributed by atoms with Crippen LogP contribution in [0.4, 0.5) is 0 Å². The van der Waals surface area contributed by atoms with E-state index in [4.69, 9.17) is 9.90 Å². The summed E-state index contributed by atoms with van der Waals surface area (Å²) in [5.74, 6) is -0.374. The van der Waals surface area contributed by atoms with Gasteiger partial charge in [-0.05, 0) is 18.9 Å². The first kappa shape index (κ1) is 17.2. The van der Waals surface area contributed by atoms with Crippen LogP contribution in [0.15, 0.2) is 17.3 Å². The molecular formula is C16H22N6O3. The summed E-state index contributed by atoms with van der Waals surface area (Å²) in [4.78, 5) is 33.4. The molecule has 134 valence electrons. The van der Waals surface area contributed by atoms with Gasteiger partial charge in [0.1, 0.15) is 5.52 Å². The summed E-state index contributed by atoms with van der Waals surface area (Å²) in [5, 5.41) is 10.8. The van der Waals surface area contributed by atoms with Crippen LogP contribution in [0.25, 0.3) is 22.2 Å². The minimum Gasteiger partial charge on any atom is -0.481 e. The van der Waals surface area contributed by atoms with Crippen molar-refractivity contribution >= 4 is 28.2 Å². The second kappa shape index (κ2) is 6.67. The molecule has 0 saturated carbocycles. The molecule has 9 heteroatoms. The van der Waals surface area contributed by atoms with Crippen molar-refractivity contribution in [3.8, 4) is 0 Å². The maximum Gasteiger partial charge on any atom is 0.329 e. The van der Waals surface area contributed by atoms with Crippen LogP contribution < -0.4 is 11.0 Å². The van der Waals surface area contributed by atoms with Gasteiger partial charge in [0.05, 0.1) is 29.6 Å². The molecule has 0 aromatic carbocycles. The lowest BCUT2D eigenvalue weighted by atomic mass is 9.94. The van der Waals surface area contributed by atoms with E-state index in [-0.39, 0.29) is 11.7 Å². The minimum absolute atomic E-state index is 0.00875. The highest BCUT2D eigenvalue weighted by Gasteiger charge is 2.28. The SMILES string of the molecule is CC(=O)O.C[C@@H]1CCNC[C@@H]1n1c(=O)n(C)c2cnc3nc[nH]c3c21. The maximum atomic E-state index is 12.7. The molecule has 0 amide bonds. The van der Waals surface area contributed by atoms with Crippen molar-refractivity contribution < 1.29 is 9.90 Å².